The van der Waals surface area contributed by atoms with Crippen LogP contribution < -0.4 is 0 Å². The van der Waals surface area contributed by atoms with Crippen LogP contribution >= 0.6 is 15.9 Å². The first-order valence-corrected chi connectivity index (χ1v) is 9.45. The maximum atomic E-state index is 13.5. The van der Waals surface area contributed by atoms with E-state index < -0.39 is 21.9 Å². The fourth-order valence-corrected chi connectivity index (χ4v) is 4.69. The largest absolute Gasteiger partial charge is 0.459 e. The molecule has 0 amide bonds. The van der Waals surface area contributed by atoms with Crippen molar-refractivity contribution in [2.75, 3.05) is 7.05 Å². The molecular formula is C17H15BrFNO3S. The smallest absolute Gasteiger partial charge is 0.244 e. The van der Waals surface area contributed by atoms with Crippen LogP contribution in [0.25, 0.3) is 11.0 Å². The molecule has 126 valence electrons. The molecule has 1 unspecified atom stereocenters. The lowest BCUT2D eigenvalue weighted by atomic mass is 10.2. The lowest BCUT2D eigenvalue weighted by Crippen LogP contribution is -2.30. The Labute approximate surface area is 148 Å². The predicted octanol–water partition coefficient (Wildman–Crippen LogP) is 4.72. The van der Waals surface area contributed by atoms with Gasteiger partial charge in [-0.3, -0.25) is 0 Å². The minimum Gasteiger partial charge on any atom is -0.459 e. The maximum absolute atomic E-state index is 13.5. The summed E-state index contributed by atoms with van der Waals surface area (Å²) in [5, 5.41) is 0.900. The molecule has 0 saturated heterocycles. The highest BCUT2D eigenvalue weighted by Gasteiger charge is 2.30. The van der Waals surface area contributed by atoms with Gasteiger partial charge >= 0.3 is 0 Å². The van der Waals surface area contributed by atoms with Crippen molar-refractivity contribution in [1.82, 2.24) is 4.31 Å². The van der Waals surface area contributed by atoms with Crippen molar-refractivity contribution >= 4 is 36.9 Å². The number of para-hydroxylation sites is 1. The number of halogens is 2. The number of rotatable bonds is 4. The molecular weight excluding hydrogens is 397 g/mol. The molecule has 0 aliphatic heterocycles. The SMILES string of the molecule is CC(c1cc2ccccc2o1)N(C)S(=O)(=O)c1cc(F)ccc1Br. The lowest BCUT2D eigenvalue weighted by Gasteiger charge is -2.23. The Morgan fingerprint density at radius 2 is 1.88 bits per heavy atom. The molecule has 4 nitrogen and oxygen atoms in total. The Hall–Kier alpha value is -1.70. The molecule has 7 heteroatoms. The van der Waals surface area contributed by atoms with E-state index in [4.69, 9.17) is 4.42 Å². The number of hydrogen-bond acceptors (Lipinski definition) is 3. The van der Waals surface area contributed by atoms with Gasteiger partial charge < -0.3 is 4.42 Å². The van der Waals surface area contributed by atoms with Gasteiger partial charge in [0.25, 0.3) is 0 Å². The Bertz CT molecular complexity index is 967. The fraction of sp³-hybridized carbons (Fsp3) is 0.176. The first kappa shape index (κ1) is 17.1. The molecule has 0 fully saturated rings. The van der Waals surface area contributed by atoms with Gasteiger partial charge in [0, 0.05) is 16.9 Å². The van der Waals surface area contributed by atoms with Crippen molar-refractivity contribution in [2.45, 2.75) is 17.9 Å². The quantitative estimate of drug-likeness (QED) is 0.624. The Morgan fingerprint density at radius 3 is 2.58 bits per heavy atom. The molecule has 0 spiro atoms. The zero-order chi connectivity index (χ0) is 17.5. The third kappa shape index (κ3) is 2.99. The topological polar surface area (TPSA) is 50.5 Å². The molecule has 0 N–H and O–H groups in total. The van der Waals surface area contributed by atoms with E-state index in [0.717, 1.165) is 11.5 Å². The van der Waals surface area contributed by atoms with Crippen LogP contribution in [0.3, 0.4) is 0 Å². The fourth-order valence-electron chi connectivity index (χ4n) is 2.43. The van der Waals surface area contributed by atoms with E-state index >= 15 is 0 Å². The second-order valence-corrected chi connectivity index (χ2v) is 8.28. The second kappa shape index (κ2) is 6.31. The van der Waals surface area contributed by atoms with Crippen LogP contribution in [-0.2, 0) is 10.0 Å². The summed E-state index contributed by atoms with van der Waals surface area (Å²) in [4.78, 5) is -0.118. The standard InChI is InChI=1S/C17H15BrFNO3S/c1-11(16-9-12-5-3-4-6-15(12)23-16)20(2)24(21,22)17-10-13(19)7-8-14(17)18/h3-11H,1-2H3. The minimum absolute atomic E-state index is 0.118. The summed E-state index contributed by atoms with van der Waals surface area (Å²) in [6, 6.07) is 12.3. The zero-order valence-electron chi connectivity index (χ0n) is 13.0. The van der Waals surface area contributed by atoms with Crippen LogP contribution in [0.15, 0.2) is 62.3 Å². The molecule has 0 radical (unpaired) electrons. The van der Waals surface area contributed by atoms with Crippen LogP contribution in [0.4, 0.5) is 4.39 Å². The van der Waals surface area contributed by atoms with Crippen molar-refractivity contribution in [3.63, 3.8) is 0 Å². The maximum Gasteiger partial charge on any atom is 0.244 e. The van der Waals surface area contributed by atoms with E-state index in [2.05, 4.69) is 15.9 Å². The van der Waals surface area contributed by atoms with Crippen LogP contribution in [0.2, 0.25) is 0 Å². The summed E-state index contributed by atoms with van der Waals surface area (Å²) in [5.74, 6) is -0.0867. The highest BCUT2D eigenvalue weighted by molar-refractivity contribution is 9.10. The van der Waals surface area contributed by atoms with Gasteiger partial charge in [-0.1, -0.05) is 18.2 Å². The summed E-state index contributed by atoms with van der Waals surface area (Å²) in [7, 11) is -2.44. The van der Waals surface area contributed by atoms with Gasteiger partial charge in [-0.25, -0.2) is 12.8 Å². The third-order valence-corrected chi connectivity index (χ3v) is 6.87. The Balaban J connectivity index is 2.00. The molecule has 2 aromatic carbocycles. The number of furan rings is 1. The van der Waals surface area contributed by atoms with Crippen molar-refractivity contribution in [2.24, 2.45) is 0 Å². The average molecular weight is 412 g/mol. The number of sulfonamides is 1. The van der Waals surface area contributed by atoms with Gasteiger partial charge in [-0.2, -0.15) is 4.31 Å². The van der Waals surface area contributed by atoms with E-state index in [-0.39, 0.29) is 4.90 Å². The zero-order valence-corrected chi connectivity index (χ0v) is 15.4. The normalized spacial score (nSPS) is 13.5. The molecule has 24 heavy (non-hydrogen) atoms. The van der Waals surface area contributed by atoms with Crippen molar-refractivity contribution in [1.29, 1.82) is 0 Å². The van der Waals surface area contributed by atoms with Gasteiger partial charge in [0.2, 0.25) is 10.0 Å². The molecule has 3 rings (SSSR count). The van der Waals surface area contributed by atoms with E-state index in [9.17, 15) is 12.8 Å². The molecule has 1 heterocycles. The molecule has 1 aromatic heterocycles. The number of fused-ring (bicyclic) bond motifs is 1. The van der Waals surface area contributed by atoms with Gasteiger partial charge in [0.15, 0.2) is 0 Å². The third-order valence-electron chi connectivity index (χ3n) is 3.95. The molecule has 0 aliphatic carbocycles. The highest BCUT2D eigenvalue weighted by atomic mass is 79.9. The van der Waals surface area contributed by atoms with Crippen LogP contribution in [0, 0.1) is 5.82 Å². The van der Waals surface area contributed by atoms with E-state index in [0.29, 0.717) is 15.8 Å². The molecule has 0 saturated carbocycles. The van der Waals surface area contributed by atoms with Crippen LogP contribution in [0.1, 0.15) is 18.7 Å². The monoisotopic (exact) mass is 411 g/mol. The van der Waals surface area contributed by atoms with Crippen LogP contribution in [-0.4, -0.2) is 19.8 Å². The van der Waals surface area contributed by atoms with E-state index in [1.54, 1.807) is 6.92 Å². The van der Waals surface area contributed by atoms with Gasteiger partial charge in [-0.15, -0.1) is 0 Å². The molecule has 1 atom stereocenters. The predicted molar refractivity (Wildman–Crippen MR) is 93.7 cm³/mol. The van der Waals surface area contributed by atoms with Crippen molar-refractivity contribution in [3.05, 3.63) is 64.6 Å². The first-order valence-electron chi connectivity index (χ1n) is 7.22. The van der Waals surface area contributed by atoms with Crippen molar-refractivity contribution < 1.29 is 17.2 Å². The van der Waals surface area contributed by atoms with Gasteiger partial charge in [-0.05, 0) is 53.2 Å². The van der Waals surface area contributed by atoms with Crippen molar-refractivity contribution in [3.8, 4) is 0 Å². The first-order chi connectivity index (χ1) is 11.3. The van der Waals surface area contributed by atoms with Gasteiger partial charge in [0.05, 0.1) is 10.9 Å². The summed E-state index contributed by atoms with van der Waals surface area (Å²) < 4.78 is 46.4. The molecule has 0 aliphatic rings. The number of hydrogen-bond donors (Lipinski definition) is 0. The summed E-state index contributed by atoms with van der Waals surface area (Å²) in [5.41, 5.74) is 0.692. The van der Waals surface area contributed by atoms with Gasteiger partial charge in [0.1, 0.15) is 17.2 Å². The summed E-state index contributed by atoms with van der Waals surface area (Å²) in [6.07, 6.45) is 0. The second-order valence-electron chi connectivity index (χ2n) is 5.46. The highest BCUT2D eigenvalue weighted by Crippen LogP contribution is 2.32. The van der Waals surface area contributed by atoms with Crippen LogP contribution in [0.5, 0.6) is 0 Å². The summed E-state index contributed by atoms with van der Waals surface area (Å²) >= 11 is 3.17. The molecule has 0 bridgehead atoms. The summed E-state index contributed by atoms with van der Waals surface area (Å²) in [6.45, 7) is 1.72. The number of nitrogens with zero attached hydrogens (tertiary/aromatic N) is 1. The van der Waals surface area contributed by atoms with E-state index in [1.165, 1.54) is 23.5 Å². The average Bonchev–Trinajstić information content (AvgIpc) is 2.99. The molecule has 3 aromatic rings. The Kier molecular flexibility index (Phi) is 4.50. The Morgan fingerprint density at radius 1 is 1.17 bits per heavy atom. The van der Waals surface area contributed by atoms with E-state index in [1.807, 2.05) is 30.3 Å². The minimum atomic E-state index is -3.89. The lowest BCUT2D eigenvalue weighted by molar-refractivity contribution is 0.347. The number of benzene rings is 2.